The van der Waals surface area contributed by atoms with Crippen LogP contribution in [-0.2, 0) is 11.3 Å². The first-order chi connectivity index (χ1) is 14.1. The molecule has 0 unspecified atom stereocenters. The monoisotopic (exact) mass is 408 g/mol. The fourth-order valence-corrected chi connectivity index (χ4v) is 3.88. The summed E-state index contributed by atoms with van der Waals surface area (Å²) in [6, 6.07) is 17.3. The predicted molar refractivity (Wildman–Crippen MR) is 110 cm³/mol. The molecule has 0 N–H and O–H groups in total. The van der Waals surface area contributed by atoms with Gasteiger partial charge in [0.15, 0.2) is 0 Å². The summed E-state index contributed by atoms with van der Waals surface area (Å²) in [6.45, 7) is -0.0891. The normalized spacial score (nSPS) is 15.4. The highest BCUT2D eigenvalue weighted by molar-refractivity contribution is 8.18. The number of nitrogens with zero attached hydrogens (tertiary/aromatic N) is 2. The van der Waals surface area contributed by atoms with E-state index in [0.717, 1.165) is 33.8 Å². The Balaban J connectivity index is 1.60. The van der Waals surface area contributed by atoms with Gasteiger partial charge in [-0.1, -0.05) is 18.2 Å². The molecule has 1 saturated heterocycles. The van der Waals surface area contributed by atoms with Crippen LogP contribution in [0.4, 0.5) is 9.18 Å². The fourth-order valence-electron chi connectivity index (χ4n) is 3.06. The Hall–Kier alpha value is -3.32. The number of amides is 2. The van der Waals surface area contributed by atoms with Crippen molar-refractivity contribution in [1.29, 1.82) is 0 Å². The van der Waals surface area contributed by atoms with Gasteiger partial charge in [-0.25, -0.2) is 4.39 Å². The number of imide groups is 1. The van der Waals surface area contributed by atoms with Crippen LogP contribution in [0.25, 0.3) is 11.8 Å². The fraction of sp³-hybridized carbons (Fsp3) is 0.0909. The van der Waals surface area contributed by atoms with Gasteiger partial charge in [0.1, 0.15) is 11.6 Å². The number of hydrogen-bond acceptors (Lipinski definition) is 4. The molecule has 2 amide bonds. The molecule has 2 heterocycles. The minimum atomic E-state index is -0.441. The molecule has 0 bridgehead atoms. The van der Waals surface area contributed by atoms with Gasteiger partial charge in [-0.15, -0.1) is 0 Å². The highest BCUT2D eigenvalue weighted by Crippen LogP contribution is 2.34. The van der Waals surface area contributed by atoms with Gasteiger partial charge in [0.05, 0.1) is 18.6 Å². The highest BCUT2D eigenvalue weighted by Gasteiger charge is 2.35. The van der Waals surface area contributed by atoms with E-state index in [1.165, 1.54) is 6.07 Å². The van der Waals surface area contributed by atoms with Crippen LogP contribution in [0.2, 0.25) is 0 Å². The van der Waals surface area contributed by atoms with E-state index in [4.69, 9.17) is 4.74 Å². The quantitative estimate of drug-likeness (QED) is 0.566. The van der Waals surface area contributed by atoms with Crippen molar-refractivity contribution in [2.24, 2.45) is 0 Å². The third kappa shape index (κ3) is 3.82. The van der Waals surface area contributed by atoms with Gasteiger partial charge >= 0.3 is 0 Å². The third-order valence-corrected chi connectivity index (χ3v) is 5.48. The molecule has 7 heteroatoms. The molecule has 1 aromatic heterocycles. The SMILES string of the molecule is COc1ccc(-n2cccc2/C=C2\SC(=O)N(Cc3ccccc3F)C2=O)cc1. The summed E-state index contributed by atoms with van der Waals surface area (Å²) in [5.41, 5.74) is 1.96. The molecule has 1 aliphatic heterocycles. The molecule has 4 rings (SSSR count). The zero-order valence-corrected chi connectivity index (χ0v) is 16.4. The smallest absolute Gasteiger partial charge is 0.293 e. The number of ether oxygens (including phenoxy) is 1. The molecule has 0 saturated carbocycles. The summed E-state index contributed by atoms with van der Waals surface area (Å²) in [5, 5.41) is -0.410. The van der Waals surface area contributed by atoms with Gasteiger partial charge in [-0.3, -0.25) is 14.5 Å². The molecular formula is C22H17FN2O3S. The number of aromatic nitrogens is 1. The average molecular weight is 408 g/mol. The van der Waals surface area contributed by atoms with E-state index in [-0.39, 0.29) is 6.54 Å². The average Bonchev–Trinajstić information content (AvgIpc) is 3.30. The van der Waals surface area contributed by atoms with Crippen molar-refractivity contribution in [3.05, 3.63) is 88.8 Å². The Kier molecular flexibility index (Phi) is 5.22. The molecule has 3 aromatic rings. The minimum absolute atomic E-state index is 0.0891. The predicted octanol–water partition coefficient (Wildman–Crippen LogP) is 4.86. The summed E-state index contributed by atoms with van der Waals surface area (Å²) < 4.78 is 21.0. The molecule has 2 aromatic carbocycles. The van der Waals surface area contributed by atoms with Crippen LogP contribution in [0.15, 0.2) is 71.8 Å². The lowest BCUT2D eigenvalue weighted by atomic mass is 10.2. The first-order valence-electron chi connectivity index (χ1n) is 8.87. The van der Waals surface area contributed by atoms with E-state index in [9.17, 15) is 14.0 Å². The summed E-state index contributed by atoms with van der Waals surface area (Å²) in [6.07, 6.45) is 3.55. The number of benzene rings is 2. The Morgan fingerprint density at radius 1 is 1.03 bits per heavy atom. The zero-order chi connectivity index (χ0) is 20.4. The lowest BCUT2D eigenvalue weighted by Gasteiger charge is -2.13. The van der Waals surface area contributed by atoms with E-state index < -0.39 is 17.0 Å². The standard InChI is InChI=1S/C22H17FN2O3S/c1-28-18-10-8-16(9-11-18)24-12-4-6-17(24)13-20-21(26)25(22(27)29-20)14-15-5-2-3-7-19(15)23/h2-13H,14H2,1H3/b20-13-. The number of hydrogen-bond donors (Lipinski definition) is 0. The maximum absolute atomic E-state index is 13.9. The van der Waals surface area contributed by atoms with Crippen molar-refractivity contribution in [3.63, 3.8) is 0 Å². The van der Waals surface area contributed by atoms with Crippen molar-refractivity contribution in [1.82, 2.24) is 9.47 Å². The lowest BCUT2D eigenvalue weighted by molar-refractivity contribution is -0.123. The zero-order valence-electron chi connectivity index (χ0n) is 15.5. The van der Waals surface area contributed by atoms with Crippen molar-refractivity contribution < 1.29 is 18.7 Å². The summed E-state index contributed by atoms with van der Waals surface area (Å²) >= 11 is 0.858. The molecule has 0 aliphatic carbocycles. The maximum atomic E-state index is 13.9. The summed E-state index contributed by atoms with van der Waals surface area (Å²) in [4.78, 5) is 26.5. The molecule has 5 nitrogen and oxygen atoms in total. The molecule has 1 fully saturated rings. The first-order valence-corrected chi connectivity index (χ1v) is 9.69. The highest BCUT2D eigenvalue weighted by atomic mass is 32.2. The van der Waals surface area contributed by atoms with Crippen molar-refractivity contribution >= 4 is 29.0 Å². The second-order valence-electron chi connectivity index (χ2n) is 6.36. The largest absolute Gasteiger partial charge is 0.497 e. The molecule has 146 valence electrons. The minimum Gasteiger partial charge on any atom is -0.497 e. The molecule has 0 spiro atoms. The number of rotatable bonds is 5. The van der Waals surface area contributed by atoms with E-state index in [1.54, 1.807) is 31.4 Å². The van der Waals surface area contributed by atoms with Crippen LogP contribution in [0.3, 0.4) is 0 Å². The first kappa shape index (κ1) is 19.0. The second-order valence-corrected chi connectivity index (χ2v) is 7.35. The van der Waals surface area contributed by atoms with Crippen LogP contribution in [0, 0.1) is 5.82 Å². The molecule has 1 aliphatic rings. The number of carbonyl (C=O) groups excluding carboxylic acids is 2. The summed E-state index contributed by atoms with van der Waals surface area (Å²) in [5.74, 6) is -0.119. The van der Waals surface area contributed by atoms with Crippen molar-refractivity contribution in [3.8, 4) is 11.4 Å². The van der Waals surface area contributed by atoms with E-state index >= 15 is 0 Å². The molecule has 29 heavy (non-hydrogen) atoms. The molecule has 0 atom stereocenters. The Bertz CT molecular complexity index is 1110. The topological polar surface area (TPSA) is 51.5 Å². The van der Waals surface area contributed by atoms with E-state index in [2.05, 4.69) is 0 Å². The van der Waals surface area contributed by atoms with Crippen molar-refractivity contribution in [2.75, 3.05) is 7.11 Å². The van der Waals surface area contributed by atoms with Crippen LogP contribution in [0.5, 0.6) is 5.75 Å². The van der Waals surface area contributed by atoms with Gasteiger partial charge in [0.25, 0.3) is 11.1 Å². The molecular weight excluding hydrogens is 391 g/mol. The van der Waals surface area contributed by atoms with Gasteiger partial charge in [-0.2, -0.15) is 0 Å². The van der Waals surface area contributed by atoms with Gasteiger partial charge in [0.2, 0.25) is 0 Å². The maximum Gasteiger partial charge on any atom is 0.293 e. The van der Waals surface area contributed by atoms with Crippen molar-refractivity contribution in [2.45, 2.75) is 6.54 Å². The van der Waals surface area contributed by atoms with Crippen LogP contribution in [-0.4, -0.2) is 27.7 Å². The van der Waals surface area contributed by atoms with Gasteiger partial charge in [-0.05, 0) is 60.3 Å². The number of thioether (sulfide) groups is 1. The van der Waals surface area contributed by atoms with Gasteiger partial charge < -0.3 is 9.30 Å². The van der Waals surface area contributed by atoms with Crippen LogP contribution < -0.4 is 4.74 Å². The lowest BCUT2D eigenvalue weighted by Crippen LogP contribution is -2.27. The number of halogens is 1. The van der Waals surface area contributed by atoms with Crippen LogP contribution in [0.1, 0.15) is 11.3 Å². The Morgan fingerprint density at radius 2 is 1.79 bits per heavy atom. The summed E-state index contributed by atoms with van der Waals surface area (Å²) in [7, 11) is 1.60. The Labute approximate surface area is 171 Å². The Morgan fingerprint density at radius 3 is 2.52 bits per heavy atom. The third-order valence-electron chi connectivity index (χ3n) is 4.57. The van der Waals surface area contributed by atoms with Gasteiger partial charge in [0, 0.05) is 23.1 Å². The second kappa shape index (κ2) is 7.97. The molecule has 0 radical (unpaired) electrons. The number of carbonyl (C=O) groups is 2. The van der Waals surface area contributed by atoms with Crippen LogP contribution >= 0.6 is 11.8 Å². The van der Waals surface area contributed by atoms with E-state index in [1.807, 2.05) is 47.2 Å². The van der Waals surface area contributed by atoms with E-state index in [0.29, 0.717) is 10.5 Å². The number of methoxy groups -OCH3 is 1.